The molecule has 1 heterocycles. The first-order valence-electron chi connectivity index (χ1n) is 6.37. The molecular formula is C14H16FN3O2. The first-order chi connectivity index (χ1) is 9.47. The van der Waals surface area contributed by atoms with Gasteiger partial charge in [0.15, 0.2) is 0 Å². The maximum absolute atomic E-state index is 13.1. The van der Waals surface area contributed by atoms with Crippen LogP contribution in [0.25, 0.3) is 0 Å². The number of rotatable bonds is 3. The largest absolute Gasteiger partial charge is 0.344 e. The molecule has 2 rings (SSSR count). The second-order valence-electron chi connectivity index (χ2n) is 4.71. The molecule has 106 valence electrons. The fourth-order valence-corrected chi connectivity index (χ4v) is 1.97. The Morgan fingerprint density at radius 2 is 2.20 bits per heavy atom. The Hall–Kier alpha value is -2.24. The minimum absolute atomic E-state index is 0.111. The predicted molar refractivity (Wildman–Crippen MR) is 72.4 cm³/mol. The Bertz CT molecular complexity index is 571. The second-order valence-corrected chi connectivity index (χ2v) is 4.71. The highest BCUT2D eigenvalue weighted by atomic mass is 19.1. The van der Waals surface area contributed by atoms with Crippen molar-refractivity contribution in [1.82, 2.24) is 10.3 Å². The van der Waals surface area contributed by atoms with Gasteiger partial charge in [-0.2, -0.15) is 5.10 Å². The van der Waals surface area contributed by atoms with E-state index in [1.54, 1.807) is 19.1 Å². The van der Waals surface area contributed by atoms with Gasteiger partial charge in [-0.3, -0.25) is 9.59 Å². The minimum Gasteiger partial charge on any atom is -0.344 e. The third kappa shape index (κ3) is 3.20. The molecule has 0 aliphatic carbocycles. The van der Waals surface area contributed by atoms with Gasteiger partial charge in [-0.1, -0.05) is 12.1 Å². The molecule has 1 aliphatic heterocycles. The lowest BCUT2D eigenvalue weighted by Crippen LogP contribution is -2.38. The second kappa shape index (κ2) is 5.81. The summed E-state index contributed by atoms with van der Waals surface area (Å²) in [6, 6.07) is 5.74. The molecule has 1 aliphatic rings. The van der Waals surface area contributed by atoms with Crippen molar-refractivity contribution >= 4 is 17.5 Å². The van der Waals surface area contributed by atoms with Crippen molar-refractivity contribution in [2.45, 2.75) is 25.8 Å². The van der Waals surface area contributed by atoms with Crippen LogP contribution >= 0.6 is 0 Å². The van der Waals surface area contributed by atoms with Crippen LogP contribution in [-0.2, 0) is 9.59 Å². The van der Waals surface area contributed by atoms with Crippen molar-refractivity contribution in [3.63, 3.8) is 0 Å². The number of benzene rings is 1. The number of hydrogen-bond acceptors (Lipinski definition) is 3. The molecule has 0 aromatic heterocycles. The SMILES string of the molecule is C[C@@H](NC(=O)C1=NN(C)C(=O)CC1)c1cccc(F)c1. The van der Waals surface area contributed by atoms with E-state index in [9.17, 15) is 14.0 Å². The van der Waals surface area contributed by atoms with Crippen LogP contribution in [-0.4, -0.2) is 29.6 Å². The molecule has 2 amide bonds. The van der Waals surface area contributed by atoms with E-state index in [-0.39, 0.29) is 30.1 Å². The van der Waals surface area contributed by atoms with Crippen molar-refractivity contribution in [3.05, 3.63) is 35.6 Å². The molecule has 0 fully saturated rings. The van der Waals surface area contributed by atoms with Gasteiger partial charge >= 0.3 is 0 Å². The molecule has 0 bridgehead atoms. The van der Waals surface area contributed by atoms with Crippen molar-refractivity contribution in [2.24, 2.45) is 5.10 Å². The van der Waals surface area contributed by atoms with Gasteiger partial charge in [-0.25, -0.2) is 9.40 Å². The summed E-state index contributed by atoms with van der Waals surface area (Å²) in [5.41, 5.74) is 0.995. The quantitative estimate of drug-likeness (QED) is 0.912. The Kier molecular flexibility index (Phi) is 4.12. The van der Waals surface area contributed by atoms with E-state index < -0.39 is 0 Å². The smallest absolute Gasteiger partial charge is 0.267 e. The van der Waals surface area contributed by atoms with Gasteiger partial charge in [0.25, 0.3) is 5.91 Å². The van der Waals surface area contributed by atoms with Crippen molar-refractivity contribution in [2.75, 3.05) is 7.05 Å². The van der Waals surface area contributed by atoms with Crippen LogP contribution in [0.4, 0.5) is 4.39 Å². The highest BCUT2D eigenvalue weighted by Crippen LogP contribution is 2.14. The lowest BCUT2D eigenvalue weighted by molar-refractivity contribution is -0.130. The fraction of sp³-hybridized carbons (Fsp3) is 0.357. The Morgan fingerprint density at radius 1 is 1.45 bits per heavy atom. The van der Waals surface area contributed by atoms with Gasteiger partial charge in [-0.15, -0.1) is 0 Å². The number of nitrogens with one attached hydrogen (secondary N) is 1. The number of carbonyl (C=O) groups excluding carboxylic acids is 2. The lowest BCUT2D eigenvalue weighted by Gasteiger charge is -2.20. The van der Waals surface area contributed by atoms with Gasteiger partial charge in [0, 0.05) is 19.9 Å². The van der Waals surface area contributed by atoms with Gasteiger partial charge in [0.1, 0.15) is 11.5 Å². The van der Waals surface area contributed by atoms with Crippen molar-refractivity contribution in [3.8, 4) is 0 Å². The molecule has 0 saturated heterocycles. The topological polar surface area (TPSA) is 61.8 Å². The Morgan fingerprint density at radius 3 is 2.85 bits per heavy atom. The molecule has 1 aromatic rings. The number of amides is 2. The first kappa shape index (κ1) is 14.2. The Labute approximate surface area is 116 Å². The molecule has 0 spiro atoms. The standard InChI is InChI=1S/C14H16FN3O2/c1-9(10-4-3-5-11(15)8-10)16-14(20)12-6-7-13(19)18(2)17-12/h3-5,8-9H,6-7H2,1-2H3,(H,16,20)/t9-/m1/s1. The highest BCUT2D eigenvalue weighted by molar-refractivity contribution is 6.39. The predicted octanol–water partition coefficient (Wildman–Crippen LogP) is 1.61. The van der Waals surface area contributed by atoms with Crippen LogP contribution < -0.4 is 5.32 Å². The fourth-order valence-electron chi connectivity index (χ4n) is 1.97. The van der Waals surface area contributed by atoms with E-state index in [0.29, 0.717) is 17.7 Å². The normalized spacial score (nSPS) is 16.6. The zero-order valence-corrected chi connectivity index (χ0v) is 11.4. The van der Waals surface area contributed by atoms with E-state index in [1.807, 2.05) is 0 Å². The summed E-state index contributed by atoms with van der Waals surface area (Å²) in [5, 5.41) is 7.87. The van der Waals surface area contributed by atoms with Gasteiger partial charge in [0.2, 0.25) is 5.91 Å². The van der Waals surface area contributed by atoms with E-state index in [4.69, 9.17) is 0 Å². The molecule has 1 N–H and O–H groups in total. The number of hydrazone groups is 1. The molecule has 5 nitrogen and oxygen atoms in total. The average molecular weight is 277 g/mol. The molecule has 6 heteroatoms. The summed E-state index contributed by atoms with van der Waals surface area (Å²) in [6.07, 6.45) is 0.599. The molecule has 20 heavy (non-hydrogen) atoms. The third-order valence-electron chi connectivity index (χ3n) is 3.17. The average Bonchev–Trinajstić information content (AvgIpc) is 2.41. The van der Waals surface area contributed by atoms with E-state index in [2.05, 4.69) is 10.4 Å². The lowest BCUT2D eigenvalue weighted by atomic mass is 10.1. The molecule has 0 unspecified atom stereocenters. The molecule has 0 saturated carbocycles. The molecule has 1 atom stereocenters. The number of nitrogens with zero attached hydrogens (tertiary/aromatic N) is 2. The van der Waals surface area contributed by atoms with Gasteiger partial charge in [0.05, 0.1) is 6.04 Å². The highest BCUT2D eigenvalue weighted by Gasteiger charge is 2.23. The zero-order chi connectivity index (χ0) is 14.7. The van der Waals surface area contributed by atoms with E-state index in [1.165, 1.54) is 24.2 Å². The maximum atomic E-state index is 13.1. The van der Waals surface area contributed by atoms with Crippen LogP contribution in [0, 0.1) is 5.82 Å². The number of hydrogen-bond donors (Lipinski definition) is 1. The number of carbonyl (C=O) groups is 2. The van der Waals surface area contributed by atoms with Crippen LogP contribution in [0.2, 0.25) is 0 Å². The van der Waals surface area contributed by atoms with Gasteiger partial charge in [-0.05, 0) is 24.6 Å². The summed E-state index contributed by atoms with van der Waals surface area (Å²) in [5.74, 6) is -0.787. The van der Waals surface area contributed by atoms with Crippen LogP contribution in [0.3, 0.4) is 0 Å². The summed E-state index contributed by atoms with van der Waals surface area (Å²) < 4.78 is 13.1. The van der Waals surface area contributed by atoms with Crippen LogP contribution in [0.5, 0.6) is 0 Å². The molecule has 1 aromatic carbocycles. The third-order valence-corrected chi connectivity index (χ3v) is 3.17. The van der Waals surface area contributed by atoms with Gasteiger partial charge < -0.3 is 5.32 Å². The zero-order valence-electron chi connectivity index (χ0n) is 11.4. The van der Waals surface area contributed by atoms with E-state index >= 15 is 0 Å². The summed E-state index contributed by atoms with van der Waals surface area (Å²) in [7, 11) is 1.52. The number of halogens is 1. The van der Waals surface area contributed by atoms with E-state index in [0.717, 1.165) is 0 Å². The summed E-state index contributed by atoms with van der Waals surface area (Å²) in [6.45, 7) is 1.77. The monoisotopic (exact) mass is 277 g/mol. The van der Waals surface area contributed by atoms with Crippen LogP contribution in [0.1, 0.15) is 31.4 Å². The van der Waals surface area contributed by atoms with Crippen molar-refractivity contribution < 1.29 is 14.0 Å². The molecule has 0 radical (unpaired) electrons. The van der Waals surface area contributed by atoms with Crippen molar-refractivity contribution in [1.29, 1.82) is 0 Å². The maximum Gasteiger partial charge on any atom is 0.267 e. The Balaban J connectivity index is 2.05. The van der Waals surface area contributed by atoms with Crippen LogP contribution in [0.15, 0.2) is 29.4 Å². The summed E-state index contributed by atoms with van der Waals surface area (Å²) in [4.78, 5) is 23.3. The minimum atomic E-state index is -0.344. The first-order valence-corrected chi connectivity index (χ1v) is 6.37. The molecular weight excluding hydrogens is 261 g/mol. The summed E-state index contributed by atoms with van der Waals surface area (Å²) >= 11 is 0.